The summed E-state index contributed by atoms with van der Waals surface area (Å²) < 4.78 is 0. The summed E-state index contributed by atoms with van der Waals surface area (Å²) in [7, 11) is 2.15. The van der Waals surface area contributed by atoms with Crippen molar-refractivity contribution in [3.8, 4) is 17.2 Å². The first-order valence-electron chi connectivity index (χ1n) is 9.12. The molecule has 4 rings (SSSR count). The SMILES string of the molecule is Cc1ccc(-c2ccccc2)cc1N1C2=C(CCC(C#N)=C2)N(C)[C@H]1C. The van der Waals surface area contributed by atoms with Crippen molar-refractivity contribution in [3.63, 3.8) is 0 Å². The maximum atomic E-state index is 9.37. The number of hydrogen-bond donors (Lipinski definition) is 0. The van der Waals surface area contributed by atoms with E-state index in [2.05, 4.69) is 85.3 Å². The predicted molar refractivity (Wildman–Crippen MR) is 106 cm³/mol. The van der Waals surface area contributed by atoms with E-state index in [-0.39, 0.29) is 6.17 Å². The van der Waals surface area contributed by atoms with Crippen molar-refractivity contribution in [2.75, 3.05) is 11.9 Å². The Kier molecular flexibility index (Phi) is 4.05. The lowest BCUT2D eigenvalue weighted by Crippen LogP contribution is -2.36. The Bertz CT molecular complexity index is 947. The van der Waals surface area contributed by atoms with Crippen LogP contribution in [0.4, 0.5) is 5.69 Å². The van der Waals surface area contributed by atoms with Gasteiger partial charge in [0, 0.05) is 24.0 Å². The number of hydrogen-bond acceptors (Lipinski definition) is 3. The van der Waals surface area contributed by atoms with Crippen molar-refractivity contribution in [1.82, 2.24) is 4.90 Å². The highest BCUT2D eigenvalue weighted by Crippen LogP contribution is 2.41. The van der Waals surface area contributed by atoms with Crippen LogP contribution in [0.5, 0.6) is 0 Å². The van der Waals surface area contributed by atoms with Crippen LogP contribution in [0.2, 0.25) is 0 Å². The highest BCUT2D eigenvalue weighted by molar-refractivity contribution is 5.73. The fourth-order valence-electron chi connectivity index (χ4n) is 3.97. The normalized spacial score (nSPS) is 19.3. The molecule has 0 unspecified atom stereocenters. The summed E-state index contributed by atoms with van der Waals surface area (Å²) in [6, 6.07) is 19.5. The molecule has 0 bridgehead atoms. The van der Waals surface area contributed by atoms with Crippen LogP contribution in [0.25, 0.3) is 11.1 Å². The molecule has 130 valence electrons. The topological polar surface area (TPSA) is 30.3 Å². The molecule has 1 atom stereocenters. The largest absolute Gasteiger partial charge is 0.356 e. The fourth-order valence-corrected chi connectivity index (χ4v) is 3.97. The second-order valence-corrected chi connectivity index (χ2v) is 7.09. The van der Waals surface area contributed by atoms with E-state index in [1.54, 1.807) is 0 Å². The second kappa shape index (κ2) is 6.38. The molecule has 0 radical (unpaired) electrons. The van der Waals surface area contributed by atoms with Crippen molar-refractivity contribution in [1.29, 1.82) is 5.26 Å². The van der Waals surface area contributed by atoms with Crippen LogP contribution in [0.15, 0.2) is 71.6 Å². The van der Waals surface area contributed by atoms with E-state index < -0.39 is 0 Å². The van der Waals surface area contributed by atoms with Crippen LogP contribution < -0.4 is 4.90 Å². The fraction of sp³-hybridized carbons (Fsp3) is 0.261. The number of rotatable bonds is 2. The molecule has 0 saturated carbocycles. The van der Waals surface area contributed by atoms with Crippen LogP contribution in [0.1, 0.15) is 25.3 Å². The van der Waals surface area contributed by atoms with Gasteiger partial charge in [0.25, 0.3) is 0 Å². The molecule has 26 heavy (non-hydrogen) atoms. The molecule has 2 aliphatic rings. The quantitative estimate of drug-likeness (QED) is 0.750. The Hall–Kier alpha value is -2.99. The summed E-state index contributed by atoms with van der Waals surface area (Å²) in [5.74, 6) is 0. The summed E-state index contributed by atoms with van der Waals surface area (Å²) in [5, 5.41) is 9.37. The lowest BCUT2D eigenvalue weighted by Gasteiger charge is -2.31. The minimum Gasteiger partial charge on any atom is -0.356 e. The average molecular weight is 341 g/mol. The molecule has 0 amide bonds. The van der Waals surface area contributed by atoms with Gasteiger partial charge < -0.3 is 9.80 Å². The number of anilines is 1. The standard InChI is InChI=1S/C23H23N3/c1-16-9-11-20(19-7-5-4-6-8-19)14-22(16)26-17(2)25(3)21-12-10-18(15-24)13-23(21)26/h4-9,11,13-14,17H,10,12H2,1-3H3/t17-/m1/s1. The molecule has 1 aliphatic carbocycles. The molecule has 0 N–H and O–H groups in total. The molecular weight excluding hydrogens is 318 g/mol. The summed E-state index contributed by atoms with van der Waals surface area (Å²) >= 11 is 0. The first-order valence-corrected chi connectivity index (χ1v) is 9.12. The van der Waals surface area contributed by atoms with Crippen LogP contribution in [-0.4, -0.2) is 18.1 Å². The van der Waals surface area contributed by atoms with E-state index in [4.69, 9.17) is 0 Å². The third kappa shape index (κ3) is 2.59. The Labute approximate surface area is 155 Å². The molecule has 2 aromatic rings. The van der Waals surface area contributed by atoms with Crippen LogP contribution in [0, 0.1) is 18.3 Å². The minimum absolute atomic E-state index is 0.235. The minimum atomic E-state index is 0.235. The third-order valence-electron chi connectivity index (χ3n) is 5.58. The van der Waals surface area contributed by atoms with Crippen molar-refractivity contribution in [2.24, 2.45) is 0 Å². The predicted octanol–water partition coefficient (Wildman–Crippen LogP) is 5.22. The van der Waals surface area contributed by atoms with E-state index in [1.165, 1.54) is 33.8 Å². The van der Waals surface area contributed by atoms with Gasteiger partial charge in [0.2, 0.25) is 0 Å². The van der Waals surface area contributed by atoms with Gasteiger partial charge in [-0.3, -0.25) is 0 Å². The van der Waals surface area contributed by atoms with Gasteiger partial charge >= 0.3 is 0 Å². The van der Waals surface area contributed by atoms with Gasteiger partial charge in [-0.15, -0.1) is 0 Å². The van der Waals surface area contributed by atoms with E-state index in [0.29, 0.717) is 0 Å². The van der Waals surface area contributed by atoms with Crippen LogP contribution in [0.3, 0.4) is 0 Å². The van der Waals surface area contributed by atoms with Gasteiger partial charge in [0.15, 0.2) is 0 Å². The number of aryl methyl sites for hydroxylation is 1. The highest BCUT2D eigenvalue weighted by Gasteiger charge is 2.35. The third-order valence-corrected chi connectivity index (χ3v) is 5.58. The summed E-state index contributed by atoms with van der Waals surface area (Å²) in [6.07, 6.45) is 4.08. The Morgan fingerprint density at radius 1 is 1.04 bits per heavy atom. The van der Waals surface area contributed by atoms with Gasteiger partial charge in [0.05, 0.1) is 11.8 Å². The zero-order valence-corrected chi connectivity index (χ0v) is 15.5. The van der Waals surface area contributed by atoms with Gasteiger partial charge in [-0.05, 0) is 55.5 Å². The monoisotopic (exact) mass is 341 g/mol. The van der Waals surface area contributed by atoms with E-state index in [9.17, 15) is 5.26 Å². The highest BCUT2D eigenvalue weighted by atomic mass is 15.4. The molecule has 0 fully saturated rings. The zero-order chi connectivity index (χ0) is 18.3. The molecule has 0 saturated heterocycles. The first kappa shape index (κ1) is 16.5. The number of benzene rings is 2. The summed E-state index contributed by atoms with van der Waals surface area (Å²) in [4.78, 5) is 4.72. The van der Waals surface area contributed by atoms with Crippen molar-refractivity contribution >= 4 is 5.69 Å². The number of nitriles is 1. The summed E-state index contributed by atoms with van der Waals surface area (Å²) in [6.45, 7) is 4.39. The number of allylic oxidation sites excluding steroid dienone is 3. The van der Waals surface area contributed by atoms with Gasteiger partial charge in [-0.2, -0.15) is 5.26 Å². The molecule has 0 spiro atoms. The molecule has 0 aromatic heterocycles. The van der Waals surface area contributed by atoms with Gasteiger partial charge in [-0.1, -0.05) is 42.5 Å². The lowest BCUT2D eigenvalue weighted by molar-refractivity contribution is 0.346. The van der Waals surface area contributed by atoms with Gasteiger partial charge in [-0.25, -0.2) is 0 Å². The number of nitrogens with zero attached hydrogens (tertiary/aromatic N) is 3. The van der Waals surface area contributed by atoms with Crippen LogP contribution >= 0.6 is 0 Å². The Morgan fingerprint density at radius 2 is 1.81 bits per heavy atom. The molecule has 1 heterocycles. The zero-order valence-electron chi connectivity index (χ0n) is 15.5. The smallest absolute Gasteiger partial charge is 0.103 e. The van der Waals surface area contributed by atoms with Crippen molar-refractivity contribution in [2.45, 2.75) is 32.9 Å². The molecule has 3 heteroatoms. The molecule has 2 aromatic carbocycles. The van der Waals surface area contributed by atoms with E-state index in [0.717, 1.165) is 18.4 Å². The van der Waals surface area contributed by atoms with E-state index in [1.807, 2.05) is 6.07 Å². The molecule has 3 nitrogen and oxygen atoms in total. The average Bonchev–Trinajstić information content (AvgIpc) is 2.93. The Balaban J connectivity index is 1.83. The van der Waals surface area contributed by atoms with E-state index >= 15 is 0 Å². The molecular formula is C23H23N3. The Morgan fingerprint density at radius 3 is 2.54 bits per heavy atom. The second-order valence-electron chi connectivity index (χ2n) is 7.09. The molecule has 1 aliphatic heterocycles. The summed E-state index contributed by atoms with van der Waals surface area (Å²) in [5.41, 5.74) is 8.28. The lowest BCUT2D eigenvalue weighted by atomic mass is 9.99. The van der Waals surface area contributed by atoms with Gasteiger partial charge in [0.1, 0.15) is 6.17 Å². The van der Waals surface area contributed by atoms with Crippen LogP contribution in [-0.2, 0) is 0 Å². The van der Waals surface area contributed by atoms with Crippen molar-refractivity contribution < 1.29 is 0 Å². The van der Waals surface area contributed by atoms with Crippen molar-refractivity contribution in [3.05, 3.63) is 77.1 Å². The maximum absolute atomic E-state index is 9.37. The first-order chi connectivity index (χ1) is 12.6. The maximum Gasteiger partial charge on any atom is 0.103 e.